The van der Waals surface area contributed by atoms with Crippen molar-refractivity contribution in [3.63, 3.8) is 0 Å². The highest BCUT2D eigenvalue weighted by Gasteiger charge is 2.13. The van der Waals surface area contributed by atoms with Crippen LogP contribution in [-0.2, 0) is 13.0 Å². The van der Waals surface area contributed by atoms with Crippen molar-refractivity contribution in [3.05, 3.63) is 61.9 Å². The maximum absolute atomic E-state index is 6.49. The molecule has 0 unspecified atom stereocenters. The first-order valence-electron chi connectivity index (χ1n) is 7.68. The summed E-state index contributed by atoms with van der Waals surface area (Å²) in [4.78, 5) is 0. The van der Waals surface area contributed by atoms with Gasteiger partial charge in [0.2, 0.25) is 4.77 Å². The van der Waals surface area contributed by atoms with E-state index in [0.29, 0.717) is 27.9 Å². The molecule has 3 rings (SSSR count). The lowest BCUT2D eigenvalue weighted by atomic mass is 10.2. The van der Waals surface area contributed by atoms with E-state index in [1.165, 1.54) is 0 Å². The maximum atomic E-state index is 6.49. The molecule has 1 N–H and O–H groups in total. The summed E-state index contributed by atoms with van der Waals surface area (Å²) in [5, 5.41) is 16.9. The summed E-state index contributed by atoms with van der Waals surface area (Å²) in [5.41, 5.74) is 2.45. The summed E-state index contributed by atoms with van der Waals surface area (Å²) in [6.45, 7) is 4.35. The fourth-order valence-corrected chi connectivity index (χ4v) is 3.07. The molecular formula is C16H16Cl2N6S. The van der Waals surface area contributed by atoms with Crippen molar-refractivity contribution in [1.29, 1.82) is 0 Å². The van der Waals surface area contributed by atoms with Gasteiger partial charge in [-0.05, 0) is 30.8 Å². The molecule has 2 aromatic heterocycles. The molecule has 1 aromatic carbocycles. The number of benzene rings is 1. The second-order valence-corrected chi connectivity index (χ2v) is 6.55. The van der Waals surface area contributed by atoms with Gasteiger partial charge in [0, 0.05) is 11.4 Å². The summed E-state index contributed by atoms with van der Waals surface area (Å²) in [6, 6.07) is 7.61. The Balaban J connectivity index is 1.92. The number of nitrogens with zero attached hydrogens (tertiary/aromatic N) is 5. The highest BCUT2D eigenvalue weighted by molar-refractivity contribution is 7.71. The van der Waals surface area contributed by atoms with Crippen LogP contribution in [0, 0.1) is 11.7 Å². The summed E-state index contributed by atoms with van der Waals surface area (Å²) in [5.74, 6) is 0.749. The number of aryl methyl sites for hydroxylation is 2. The minimum absolute atomic E-state index is 0.435. The van der Waals surface area contributed by atoms with E-state index >= 15 is 0 Å². The van der Waals surface area contributed by atoms with E-state index in [0.717, 1.165) is 22.6 Å². The number of rotatable bonds is 5. The van der Waals surface area contributed by atoms with Crippen LogP contribution in [0.3, 0.4) is 0 Å². The van der Waals surface area contributed by atoms with Gasteiger partial charge in [0.25, 0.3) is 0 Å². The highest BCUT2D eigenvalue weighted by atomic mass is 35.5. The van der Waals surface area contributed by atoms with Crippen molar-refractivity contribution in [1.82, 2.24) is 24.7 Å². The average Bonchev–Trinajstić information content (AvgIpc) is 3.08. The zero-order valence-corrected chi connectivity index (χ0v) is 16.0. The zero-order valence-electron chi connectivity index (χ0n) is 13.7. The molecule has 0 aliphatic carbocycles. The quantitative estimate of drug-likeness (QED) is 0.519. The molecule has 130 valence electrons. The molecule has 0 spiro atoms. The van der Waals surface area contributed by atoms with Crippen LogP contribution in [0.2, 0.25) is 10.2 Å². The van der Waals surface area contributed by atoms with Crippen LogP contribution >= 0.6 is 35.4 Å². The molecular weight excluding hydrogens is 379 g/mol. The van der Waals surface area contributed by atoms with Crippen LogP contribution in [0.1, 0.15) is 29.6 Å². The number of halogens is 2. The Morgan fingerprint density at radius 2 is 2.08 bits per heavy atom. The Morgan fingerprint density at radius 1 is 1.32 bits per heavy atom. The fraction of sp³-hybridized carbons (Fsp3) is 0.250. The van der Waals surface area contributed by atoms with Crippen molar-refractivity contribution in [2.45, 2.75) is 26.8 Å². The Labute approximate surface area is 160 Å². The van der Waals surface area contributed by atoms with E-state index in [1.807, 2.05) is 38.1 Å². The number of H-pyrrole nitrogens is 1. The normalized spacial score (nSPS) is 11.5. The third kappa shape index (κ3) is 3.68. The van der Waals surface area contributed by atoms with Crippen molar-refractivity contribution >= 4 is 41.6 Å². The van der Waals surface area contributed by atoms with Crippen molar-refractivity contribution < 1.29 is 0 Å². The Bertz CT molecular complexity index is 985. The summed E-state index contributed by atoms with van der Waals surface area (Å²) < 4.78 is 3.72. The molecule has 25 heavy (non-hydrogen) atoms. The van der Waals surface area contributed by atoms with Crippen LogP contribution in [0.15, 0.2) is 29.4 Å². The van der Waals surface area contributed by atoms with E-state index in [4.69, 9.17) is 35.4 Å². The molecule has 0 aliphatic rings. The van der Waals surface area contributed by atoms with Gasteiger partial charge in [0.15, 0.2) is 5.82 Å². The van der Waals surface area contributed by atoms with Gasteiger partial charge in [0.1, 0.15) is 5.15 Å². The lowest BCUT2D eigenvalue weighted by Crippen LogP contribution is -2.02. The number of hydrogen-bond acceptors (Lipinski definition) is 4. The van der Waals surface area contributed by atoms with E-state index in [9.17, 15) is 0 Å². The molecule has 0 aliphatic heterocycles. The minimum Gasteiger partial charge on any atom is -0.250 e. The van der Waals surface area contributed by atoms with Crippen LogP contribution in [0.4, 0.5) is 0 Å². The number of aromatic nitrogens is 5. The van der Waals surface area contributed by atoms with Gasteiger partial charge in [0.05, 0.1) is 24.0 Å². The van der Waals surface area contributed by atoms with E-state index in [2.05, 4.69) is 20.4 Å². The lowest BCUT2D eigenvalue weighted by molar-refractivity contribution is 0.680. The first-order chi connectivity index (χ1) is 12.0. The third-order valence-corrected chi connectivity index (χ3v) is 4.75. The predicted octanol–water partition coefficient (Wildman–Crippen LogP) is 4.25. The van der Waals surface area contributed by atoms with Gasteiger partial charge in [-0.1, -0.05) is 48.3 Å². The van der Waals surface area contributed by atoms with Gasteiger partial charge < -0.3 is 0 Å². The molecule has 0 bridgehead atoms. The molecule has 9 heteroatoms. The Morgan fingerprint density at radius 3 is 2.80 bits per heavy atom. The largest absolute Gasteiger partial charge is 0.250 e. The number of aromatic amines is 1. The fourth-order valence-electron chi connectivity index (χ4n) is 2.39. The molecule has 0 saturated heterocycles. The van der Waals surface area contributed by atoms with E-state index < -0.39 is 0 Å². The molecule has 3 aromatic rings. The Hall–Kier alpha value is -1.96. The standard InChI is InChI=1S/C16H16Cl2N6S/c1-3-14-20-21-16(25)24(14)19-8-12-10(2)22-23(15(12)18)9-11-6-4-5-7-13(11)17/h4-8H,3,9H2,1-2H3,(H,21,25). The third-order valence-electron chi connectivity index (χ3n) is 3.72. The van der Waals surface area contributed by atoms with Crippen LogP contribution in [0.25, 0.3) is 0 Å². The van der Waals surface area contributed by atoms with Gasteiger partial charge >= 0.3 is 0 Å². The van der Waals surface area contributed by atoms with Gasteiger partial charge in [-0.3, -0.25) is 5.10 Å². The SMILES string of the molecule is CCc1n[nH]c(=S)n1N=Cc1c(C)nn(Cc2ccccc2Cl)c1Cl. The topological polar surface area (TPSA) is 63.8 Å². The first kappa shape index (κ1) is 17.8. The second-order valence-electron chi connectivity index (χ2n) is 5.39. The zero-order chi connectivity index (χ0) is 18.0. The van der Waals surface area contributed by atoms with E-state index in [-0.39, 0.29) is 0 Å². The number of nitrogens with one attached hydrogen (secondary N) is 1. The molecule has 0 saturated carbocycles. The van der Waals surface area contributed by atoms with Crippen molar-refractivity contribution in [2.24, 2.45) is 5.10 Å². The van der Waals surface area contributed by atoms with Gasteiger partial charge in [-0.2, -0.15) is 20.0 Å². The smallest absolute Gasteiger partial charge is 0.216 e. The van der Waals surface area contributed by atoms with Crippen molar-refractivity contribution in [3.8, 4) is 0 Å². The highest BCUT2D eigenvalue weighted by Crippen LogP contribution is 2.22. The lowest BCUT2D eigenvalue weighted by Gasteiger charge is -2.05. The molecule has 2 heterocycles. The monoisotopic (exact) mass is 394 g/mol. The maximum Gasteiger partial charge on any atom is 0.216 e. The minimum atomic E-state index is 0.435. The first-order valence-corrected chi connectivity index (χ1v) is 8.84. The van der Waals surface area contributed by atoms with Crippen LogP contribution in [-0.4, -0.2) is 30.9 Å². The van der Waals surface area contributed by atoms with Crippen LogP contribution in [0.5, 0.6) is 0 Å². The Kier molecular flexibility index (Phi) is 5.36. The van der Waals surface area contributed by atoms with Gasteiger partial charge in [-0.15, -0.1) is 0 Å². The second kappa shape index (κ2) is 7.51. The molecule has 0 fully saturated rings. The summed E-state index contributed by atoms with van der Waals surface area (Å²) in [7, 11) is 0. The molecule has 0 atom stereocenters. The molecule has 0 amide bonds. The summed E-state index contributed by atoms with van der Waals surface area (Å²) >= 11 is 17.9. The van der Waals surface area contributed by atoms with Crippen LogP contribution < -0.4 is 0 Å². The number of hydrogen-bond donors (Lipinski definition) is 1. The predicted molar refractivity (Wildman–Crippen MR) is 102 cm³/mol. The summed E-state index contributed by atoms with van der Waals surface area (Å²) in [6.07, 6.45) is 2.36. The van der Waals surface area contributed by atoms with Crippen molar-refractivity contribution in [2.75, 3.05) is 0 Å². The molecule has 6 nitrogen and oxygen atoms in total. The van der Waals surface area contributed by atoms with Gasteiger partial charge in [-0.25, -0.2) is 4.68 Å². The average molecular weight is 395 g/mol. The molecule has 0 radical (unpaired) electrons. The van der Waals surface area contributed by atoms with E-state index in [1.54, 1.807) is 15.6 Å².